The molecular weight excluding hydrogens is 96.1 g/mol. The van der Waals surface area contributed by atoms with Gasteiger partial charge in [-0.05, 0) is 12.3 Å². The van der Waals surface area contributed by atoms with Crippen LogP contribution < -0.4 is 0 Å². The Morgan fingerprint density at radius 3 is 2.50 bits per heavy atom. The molecule has 0 aromatic rings. The third-order valence-electron chi connectivity index (χ3n) is 0.368. The topological polar surface area (TPSA) is 17.1 Å². The highest BCUT2D eigenvalue weighted by Crippen LogP contribution is 1.91. The minimum absolute atomic E-state index is 0.0231. The molecule has 1 nitrogen and oxygen atoms in total. The lowest BCUT2D eigenvalue weighted by Gasteiger charge is -1.75. The van der Waals surface area contributed by atoms with Gasteiger partial charge in [-0.1, -0.05) is 18.3 Å². The average Bonchev–Trinajstić information content (AvgIpc) is 1.65. The van der Waals surface area contributed by atoms with Crippen LogP contribution in [0.4, 0.5) is 0 Å². The normalized spacial score (nSPS) is 7.50. The Morgan fingerprint density at radius 1 is 2.00 bits per heavy atom. The van der Waals surface area contributed by atoms with Gasteiger partial charge in [0.2, 0.25) is 5.12 Å². The van der Waals surface area contributed by atoms with Crippen molar-refractivity contribution in [2.45, 2.75) is 0 Å². The van der Waals surface area contributed by atoms with Gasteiger partial charge in [-0.15, -0.1) is 0 Å². The minimum atomic E-state index is 0.0231. The molecule has 6 heavy (non-hydrogen) atoms. The Labute approximate surface area is 41.4 Å². The van der Waals surface area contributed by atoms with Crippen LogP contribution in [0.15, 0.2) is 12.7 Å². The second-order valence-corrected chi connectivity index (χ2v) is 1.54. The van der Waals surface area contributed by atoms with Crippen molar-refractivity contribution >= 4 is 16.9 Å². The van der Waals surface area contributed by atoms with Crippen molar-refractivity contribution in [3.63, 3.8) is 0 Å². The number of carbonyl (C=O) groups is 1. The first-order chi connectivity index (χ1) is 2.81. The van der Waals surface area contributed by atoms with Crippen LogP contribution in [0.5, 0.6) is 0 Å². The molecule has 0 aliphatic carbocycles. The SMILES string of the molecule is C=CC(=O)SC. The maximum atomic E-state index is 10.0. The number of hydrogen-bond donors (Lipinski definition) is 0. The lowest BCUT2D eigenvalue weighted by molar-refractivity contribution is -0.107. The van der Waals surface area contributed by atoms with Crippen molar-refractivity contribution in [2.75, 3.05) is 6.26 Å². The summed E-state index contributed by atoms with van der Waals surface area (Å²) in [7, 11) is 0. The van der Waals surface area contributed by atoms with Crippen LogP contribution in [0.3, 0.4) is 0 Å². The van der Waals surface area contributed by atoms with Crippen LogP contribution in [0.2, 0.25) is 0 Å². The van der Waals surface area contributed by atoms with Gasteiger partial charge in [0, 0.05) is 0 Å². The van der Waals surface area contributed by atoms with Gasteiger partial charge in [0.15, 0.2) is 0 Å². The smallest absolute Gasteiger partial charge is 0.211 e. The van der Waals surface area contributed by atoms with Gasteiger partial charge in [-0.25, -0.2) is 0 Å². The van der Waals surface area contributed by atoms with Crippen LogP contribution in [0.25, 0.3) is 0 Å². The van der Waals surface area contributed by atoms with Crippen molar-refractivity contribution < 1.29 is 4.79 Å². The van der Waals surface area contributed by atoms with E-state index in [4.69, 9.17) is 0 Å². The van der Waals surface area contributed by atoms with E-state index in [1.165, 1.54) is 17.8 Å². The fourth-order valence-corrected chi connectivity index (χ4v) is 0.250. The Kier molecular flexibility index (Phi) is 2.85. The standard InChI is InChI=1S/C4H6OS/c1-3-4(5)6-2/h3H,1H2,2H3. The van der Waals surface area contributed by atoms with Gasteiger partial charge < -0.3 is 0 Å². The zero-order valence-corrected chi connectivity index (χ0v) is 4.42. The quantitative estimate of drug-likeness (QED) is 0.460. The summed E-state index contributed by atoms with van der Waals surface area (Å²) >= 11 is 1.17. The molecule has 0 unspecified atom stereocenters. The Morgan fingerprint density at radius 2 is 2.50 bits per heavy atom. The first-order valence-electron chi connectivity index (χ1n) is 1.51. The van der Waals surface area contributed by atoms with Crippen LogP contribution in [-0.2, 0) is 4.79 Å². The molecule has 0 fully saturated rings. The summed E-state index contributed by atoms with van der Waals surface area (Å²) in [6, 6.07) is 0. The average molecular weight is 102 g/mol. The maximum absolute atomic E-state index is 10.0. The van der Waals surface area contributed by atoms with E-state index < -0.39 is 0 Å². The molecule has 0 bridgehead atoms. The summed E-state index contributed by atoms with van der Waals surface area (Å²) in [4.78, 5) is 10.0. The number of hydrogen-bond acceptors (Lipinski definition) is 2. The summed E-state index contributed by atoms with van der Waals surface area (Å²) in [6.45, 7) is 3.26. The maximum Gasteiger partial charge on any atom is 0.211 e. The molecule has 0 spiro atoms. The first-order valence-corrected chi connectivity index (χ1v) is 2.74. The summed E-state index contributed by atoms with van der Waals surface area (Å²) < 4.78 is 0. The van der Waals surface area contributed by atoms with Gasteiger partial charge in [0.05, 0.1) is 0 Å². The largest absolute Gasteiger partial charge is 0.282 e. The monoisotopic (exact) mass is 102 g/mol. The molecule has 0 N–H and O–H groups in total. The lowest BCUT2D eigenvalue weighted by atomic mass is 10.7. The third-order valence-corrected chi connectivity index (χ3v) is 0.937. The van der Waals surface area contributed by atoms with Crippen molar-refractivity contribution in [1.29, 1.82) is 0 Å². The van der Waals surface area contributed by atoms with Gasteiger partial charge in [0.25, 0.3) is 0 Å². The van der Waals surface area contributed by atoms with Crippen molar-refractivity contribution in [3.8, 4) is 0 Å². The summed E-state index contributed by atoms with van der Waals surface area (Å²) in [5, 5.41) is 0.0231. The second kappa shape index (κ2) is 2.97. The molecule has 2 heteroatoms. The zero-order valence-electron chi connectivity index (χ0n) is 3.60. The molecule has 0 radical (unpaired) electrons. The number of carbonyl (C=O) groups excluding carboxylic acids is 1. The van der Waals surface area contributed by atoms with Crippen molar-refractivity contribution in [3.05, 3.63) is 12.7 Å². The van der Waals surface area contributed by atoms with E-state index in [1.54, 1.807) is 6.26 Å². The zero-order chi connectivity index (χ0) is 4.99. The van der Waals surface area contributed by atoms with Crippen LogP contribution in [-0.4, -0.2) is 11.4 Å². The lowest BCUT2D eigenvalue weighted by Crippen LogP contribution is -1.76. The van der Waals surface area contributed by atoms with Crippen LogP contribution >= 0.6 is 11.8 Å². The highest BCUT2D eigenvalue weighted by atomic mass is 32.2. The Balaban J connectivity index is 3.23. The Hall–Kier alpha value is -0.240. The Bertz CT molecular complexity index is 67.9. The molecule has 34 valence electrons. The summed E-state index contributed by atoms with van der Waals surface area (Å²) in [5.41, 5.74) is 0. The van der Waals surface area contributed by atoms with Crippen LogP contribution in [0.1, 0.15) is 0 Å². The highest BCUT2D eigenvalue weighted by Gasteiger charge is 1.82. The fourth-order valence-electron chi connectivity index (χ4n) is 0.0833. The van der Waals surface area contributed by atoms with E-state index in [0.29, 0.717) is 0 Å². The van der Waals surface area contributed by atoms with E-state index in [1.807, 2.05) is 0 Å². The molecule has 0 atom stereocenters. The van der Waals surface area contributed by atoms with E-state index in [2.05, 4.69) is 6.58 Å². The first kappa shape index (κ1) is 5.76. The fraction of sp³-hybridized carbons (Fsp3) is 0.250. The highest BCUT2D eigenvalue weighted by molar-refractivity contribution is 8.13. The molecule has 0 rings (SSSR count). The van der Waals surface area contributed by atoms with E-state index in [-0.39, 0.29) is 5.12 Å². The molecule has 0 saturated carbocycles. The second-order valence-electron chi connectivity index (χ2n) is 0.727. The molecule has 0 aromatic heterocycles. The molecule has 0 saturated heterocycles. The number of rotatable bonds is 1. The molecule has 0 amide bonds. The minimum Gasteiger partial charge on any atom is -0.282 e. The molecular formula is C4H6OS. The van der Waals surface area contributed by atoms with E-state index in [9.17, 15) is 4.79 Å². The summed E-state index contributed by atoms with van der Waals surface area (Å²) in [6.07, 6.45) is 3.02. The predicted molar refractivity (Wildman–Crippen MR) is 28.7 cm³/mol. The van der Waals surface area contributed by atoms with Crippen molar-refractivity contribution in [2.24, 2.45) is 0 Å². The predicted octanol–water partition coefficient (Wildman–Crippen LogP) is 1.06. The van der Waals surface area contributed by atoms with E-state index >= 15 is 0 Å². The van der Waals surface area contributed by atoms with Crippen LogP contribution in [0, 0.1) is 0 Å². The molecule has 0 aromatic carbocycles. The molecule has 0 heterocycles. The van der Waals surface area contributed by atoms with E-state index in [0.717, 1.165) is 0 Å². The van der Waals surface area contributed by atoms with Gasteiger partial charge in [-0.2, -0.15) is 0 Å². The summed E-state index contributed by atoms with van der Waals surface area (Å²) in [5.74, 6) is 0. The van der Waals surface area contributed by atoms with Gasteiger partial charge in [-0.3, -0.25) is 4.79 Å². The van der Waals surface area contributed by atoms with Gasteiger partial charge >= 0.3 is 0 Å². The van der Waals surface area contributed by atoms with Crippen molar-refractivity contribution in [1.82, 2.24) is 0 Å². The molecule has 0 aliphatic heterocycles. The number of thioether (sulfide) groups is 1. The molecule has 0 aliphatic rings. The third kappa shape index (κ3) is 2.03. The van der Waals surface area contributed by atoms with Gasteiger partial charge in [0.1, 0.15) is 0 Å².